The number of nitrogens with one attached hydrogen (secondary N) is 3. The summed E-state index contributed by atoms with van der Waals surface area (Å²) in [5, 5.41) is 12.7. The second kappa shape index (κ2) is 9.90. The van der Waals surface area contributed by atoms with Gasteiger partial charge in [-0.05, 0) is 46.8 Å². The van der Waals surface area contributed by atoms with Crippen molar-refractivity contribution in [3.05, 3.63) is 23.6 Å². The number of pyridine rings is 1. The molecule has 40 heavy (non-hydrogen) atoms. The van der Waals surface area contributed by atoms with Crippen LogP contribution in [-0.4, -0.2) is 63.6 Å². The van der Waals surface area contributed by atoms with Gasteiger partial charge in [0.25, 0.3) is 0 Å². The number of carbonyl (C=O) groups excluding carboxylic acids is 4. The van der Waals surface area contributed by atoms with Crippen molar-refractivity contribution in [1.29, 1.82) is 5.26 Å². The average Bonchev–Trinajstić information content (AvgIpc) is 3.14. The molecule has 3 heterocycles. The number of aromatic nitrogens is 1. The molecule has 1 saturated carbocycles. The standard InChI is InChI=1S/C26H30ClF3N6O4/c1-24(2,3)18(34-23(40)26(27,29)30)22(39)36-10-15-16(25(15,4)5)17(36)21(38)33-12(8-31)7-14-13-6-11(28)9-32-19(13)35-20(14)37/h6,9,12,14-18H,7,10H2,1-5H3,(H,33,38)(H,34,40)(H,32,35,37)/t12-,14?,15-,16-,17-,18?/m0/s1. The number of anilines is 1. The van der Waals surface area contributed by atoms with E-state index >= 15 is 0 Å². The zero-order valence-electron chi connectivity index (χ0n) is 22.5. The molecule has 0 bridgehead atoms. The van der Waals surface area contributed by atoms with Gasteiger partial charge < -0.3 is 20.9 Å². The van der Waals surface area contributed by atoms with E-state index in [0.29, 0.717) is 0 Å². The number of hydrogen-bond acceptors (Lipinski definition) is 6. The summed E-state index contributed by atoms with van der Waals surface area (Å²) in [6.45, 7) is 8.74. The van der Waals surface area contributed by atoms with E-state index in [0.717, 1.165) is 12.3 Å². The Morgan fingerprint density at radius 3 is 2.52 bits per heavy atom. The van der Waals surface area contributed by atoms with Crippen LogP contribution in [-0.2, 0) is 19.2 Å². The van der Waals surface area contributed by atoms with E-state index in [9.17, 15) is 37.6 Å². The third-order valence-corrected chi connectivity index (χ3v) is 8.34. The second-order valence-electron chi connectivity index (χ2n) is 12.2. The highest BCUT2D eigenvalue weighted by Crippen LogP contribution is 2.65. The first-order valence-corrected chi connectivity index (χ1v) is 13.1. The van der Waals surface area contributed by atoms with Crippen molar-refractivity contribution in [3.8, 4) is 6.07 Å². The zero-order valence-corrected chi connectivity index (χ0v) is 23.3. The van der Waals surface area contributed by atoms with E-state index in [1.165, 1.54) is 4.90 Å². The molecule has 3 N–H and O–H groups in total. The van der Waals surface area contributed by atoms with Crippen LogP contribution in [0.1, 0.15) is 52.5 Å². The maximum atomic E-state index is 13.8. The summed E-state index contributed by atoms with van der Waals surface area (Å²) in [5.41, 5.74) is -1.06. The monoisotopic (exact) mass is 582 g/mol. The van der Waals surface area contributed by atoms with Gasteiger partial charge in [-0.2, -0.15) is 14.0 Å². The van der Waals surface area contributed by atoms with Gasteiger partial charge in [-0.15, -0.1) is 0 Å². The van der Waals surface area contributed by atoms with Crippen LogP contribution in [0.25, 0.3) is 0 Å². The number of hydrogen-bond donors (Lipinski definition) is 3. The van der Waals surface area contributed by atoms with Gasteiger partial charge in [-0.3, -0.25) is 19.2 Å². The van der Waals surface area contributed by atoms with Crippen LogP contribution in [0.4, 0.5) is 19.0 Å². The van der Waals surface area contributed by atoms with Crippen LogP contribution >= 0.6 is 11.6 Å². The average molecular weight is 583 g/mol. The number of nitriles is 1. The van der Waals surface area contributed by atoms with E-state index in [2.05, 4.69) is 15.6 Å². The molecule has 1 aliphatic carbocycles. The molecule has 1 aromatic rings. The molecule has 1 saturated heterocycles. The van der Waals surface area contributed by atoms with Crippen LogP contribution in [0.3, 0.4) is 0 Å². The van der Waals surface area contributed by atoms with E-state index in [-0.39, 0.29) is 41.6 Å². The largest absolute Gasteiger partial charge is 0.399 e. The van der Waals surface area contributed by atoms with Gasteiger partial charge in [-0.25, -0.2) is 9.37 Å². The van der Waals surface area contributed by atoms with Crippen LogP contribution in [0.5, 0.6) is 0 Å². The Labute approximate surface area is 234 Å². The molecule has 2 unspecified atom stereocenters. The number of rotatable bonds is 7. The number of halogens is 4. The van der Waals surface area contributed by atoms with Crippen molar-refractivity contribution in [1.82, 2.24) is 20.5 Å². The Bertz CT molecular complexity index is 1300. The maximum absolute atomic E-state index is 13.8. The highest BCUT2D eigenvalue weighted by Gasteiger charge is 2.70. The number of alkyl halides is 3. The Balaban J connectivity index is 1.55. The van der Waals surface area contributed by atoms with E-state index in [1.54, 1.807) is 20.8 Å². The Hall–Kier alpha value is -3.40. The normalized spacial score (nSPS) is 26.1. The summed E-state index contributed by atoms with van der Waals surface area (Å²) in [6.07, 6.45) is 0.780. The smallest absolute Gasteiger partial charge is 0.339 e. The van der Waals surface area contributed by atoms with E-state index in [4.69, 9.17) is 11.6 Å². The van der Waals surface area contributed by atoms with Crippen LogP contribution in [0.15, 0.2) is 12.3 Å². The lowest BCUT2D eigenvalue weighted by Gasteiger charge is -2.38. The predicted molar refractivity (Wildman–Crippen MR) is 136 cm³/mol. The summed E-state index contributed by atoms with van der Waals surface area (Å²) in [5.74, 6) is -5.50. The summed E-state index contributed by atoms with van der Waals surface area (Å²) in [7, 11) is 0. The number of amides is 4. The van der Waals surface area contributed by atoms with Crippen LogP contribution in [0.2, 0.25) is 0 Å². The molecule has 216 valence electrons. The van der Waals surface area contributed by atoms with Crippen molar-refractivity contribution < 1.29 is 32.3 Å². The quantitative estimate of drug-likeness (QED) is 0.421. The van der Waals surface area contributed by atoms with E-state index < -0.39 is 64.3 Å². The van der Waals surface area contributed by atoms with Gasteiger partial charge in [0.05, 0.1) is 18.2 Å². The maximum Gasteiger partial charge on any atom is 0.399 e. The minimum absolute atomic E-state index is 0.0694. The predicted octanol–water partition coefficient (Wildman–Crippen LogP) is 2.50. The summed E-state index contributed by atoms with van der Waals surface area (Å²) in [6, 6.07) is -0.563. The summed E-state index contributed by atoms with van der Waals surface area (Å²) in [4.78, 5) is 56.9. The minimum atomic E-state index is -4.24. The number of fused-ring (bicyclic) bond motifs is 2. The van der Waals surface area contributed by atoms with Crippen molar-refractivity contribution in [2.45, 2.75) is 70.5 Å². The second-order valence-corrected chi connectivity index (χ2v) is 12.7. The molecule has 2 fully saturated rings. The highest BCUT2D eigenvalue weighted by molar-refractivity contribution is 6.32. The summed E-state index contributed by atoms with van der Waals surface area (Å²) >= 11 is 4.86. The molecule has 1 aromatic heterocycles. The Morgan fingerprint density at radius 2 is 1.95 bits per heavy atom. The van der Waals surface area contributed by atoms with Crippen molar-refractivity contribution in [2.75, 3.05) is 11.9 Å². The molecule has 14 heteroatoms. The molecule has 3 aliphatic rings. The lowest BCUT2D eigenvalue weighted by molar-refractivity contribution is -0.148. The third-order valence-electron chi connectivity index (χ3n) is 8.17. The highest BCUT2D eigenvalue weighted by atomic mass is 35.5. The Morgan fingerprint density at radius 1 is 1.30 bits per heavy atom. The number of carbonyl (C=O) groups is 4. The van der Waals surface area contributed by atoms with Crippen molar-refractivity contribution in [2.24, 2.45) is 22.7 Å². The van der Waals surface area contributed by atoms with Crippen molar-refractivity contribution >= 4 is 41.0 Å². The Kier molecular flexibility index (Phi) is 7.32. The molecular formula is C26H30ClF3N6O4. The first-order valence-electron chi connectivity index (χ1n) is 12.7. The minimum Gasteiger partial charge on any atom is -0.339 e. The number of piperidine rings is 1. The first-order chi connectivity index (χ1) is 18.4. The topological polar surface area (TPSA) is 144 Å². The van der Waals surface area contributed by atoms with Crippen LogP contribution in [0, 0.1) is 39.8 Å². The first kappa shape index (κ1) is 29.6. The molecule has 2 aliphatic heterocycles. The summed E-state index contributed by atoms with van der Waals surface area (Å²) < 4.78 is 40.7. The lowest BCUT2D eigenvalue weighted by Crippen LogP contribution is -2.61. The van der Waals surface area contributed by atoms with Crippen LogP contribution < -0.4 is 16.0 Å². The van der Waals surface area contributed by atoms with Gasteiger partial charge >= 0.3 is 11.3 Å². The molecule has 4 rings (SSSR count). The van der Waals surface area contributed by atoms with Gasteiger partial charge in [0.15, 0.2) is 0 Å². The fraction of sp³-hybridized carbons (Fsp3) is 0.615. The van der Waals surface area contributed by atoms with Crippen molar-refractivity contribution in [3.63, 3.8) is 0 Å². The molecule has 6 atom stereocenters. The molecule has 4 amide bonds. The van der Waals surface area contributed by atoms with Gasteiger partial charge in [0.2, 0.25) is 17.7 Å². The molecule has 0 aromatic carbocycles. The zero-order chi connectivity index (χ0) is 29.9. The number of nitrogens with zero attached hydrogens (tertiary/aromatic N) is 3. The molecule has 0 radical (unpaired) electrons. The fourth-order valence-corrected chi connectivity index (χ4v) is 5.94. The van der Waals surface area contributed by atoms with Gasteiger partial charge in [-0.1, -0.05) is 34.6 Å². The van der Waals surface area contributed by atoms with E-state index in [1.807, 2.05) is 25.2 Å². The molecule has 10 nitrogen and oxygen atoms in total. The lowest BCUT2D eigenvalue weighted by atomic mass is 9.85. The third kappa shape index (κ3) is 5.33. The van der Waals surface area contributed by atoms with Gasteiger partial charge in [0, 0.05) is 12.1 Å². The molecular weight excluding hydrogens is 553 g/mol. The fourth-order valence-electron chi connectivity index (χ4n) is 5.88. The SMILES string of the molecule is CC(C)(C)C(NC(=O)C(F)(F)Cl)C(=O)N1C[C@H]2[C@@H]([C@H]1C(=O)N[C@H](C#N)CC1C(=O)Nc3ncc(F)cc31)C2(C)C. The number of likely N-dealkylation sites (tertiary alicyclic amines) is 1. The van der Waals surface area contributed by atoms with Gasteiger partial charge in [0.1, 0.15) is 29.8 Å². The molecule has 0 spiro atoms.